The fraction of sp³-hybridized carbons (Fsp3) is 0.667. The molecule has 0 spiro atoms. The van der Waals surface area contributed by atoms with E-state index < -0.39 is 0 Å². The molecule has 4 rings (SSSR count). The van der Waals surface area contributed by atoms with Gasteiger partial charge >= 0.3 is 0 Å². The molecule has 2 aromatic heterocycles. The van der Waals surface area contributed by atoms with Gasteiger partial charge < -0.3 is 14.5 Å². The maximum Gasteiger partial charge on any atom is 0.256 e. The molecular formula is C18H27N7O2. The second-order valence-electron chi connectivity index (χ2n) is 7.46. The van der Waals surface area contributed by atoms with Crippen LogP contribution in [0.25, 0.3) is 5.78 Å². The van der Waals surface area contributed by atoms with Crippen molar-refractivity contribution in [2.75, 3.05) is 50.8 Å². The summed E-state index contributed by atoms with van der Waals surface area (Å²) < 4.78 is 7.71. The van der Waals surface area contributed by atoms with Crippen LogP contribution in [0.2, 0.25) is 0 Å². The van der Waals surface area contributed by atoms with Crippen LogP contribution in [0.4, 0.5) is 5.82 Å². The lowest BCUT2D eigenvalue weighted by Gasteiger charge is -2.38. The van der Waals surface area contributed by atoms with Crippen molar-refractivity contribution in [2.45, 2.75) is 32.4 Å². The number of amides is 1. The Balaban J connectivity index is 1.32. The minimum absolute atomic E-state index is 0.00326. The first-order valence-electron chi connectivity index (χ1n) is 9.65. The molecule has 0 aliphatic carbocycles. The third-order valence-electron chi connectivity index (χ3n) is 5.45. The Morgan fingerprint density at radius 3 is 2.85 bits per heavy atom. The van der Waals surface area contributed by atoms with Gasteiger partial charge in [0.25, 0.3) is 5.78 Å². The highest BCUT2D eigenvalue weighted by molar-refractivity contribution is 5.77. The third kappa shape index (κ3) is 3.89. The largest absolute Gasteiger partial charge is 0.375 e. The van der Waals surface area contributed by atoms with Crippen LogP contribution in [0.5, 0.6) is 0 Å². The van der Waals surface area contributed by atoms with Gasteiger partial charge in [0.2, 0.25) is 5.91 Å². The molecular weight excluding hydrogens is 346 g/mol. The number of hydrogen-bond acceptors (Lipinski definition) is 7. The zero-order chi connectivity index (χ0) is 18.8. The van der Waals surface area contributed by atoms with Gasteiger partial charge in [-0.3, -0.25) is 14.1 Å². The summed E-state index contributed by atoms with van der Waals surface area (Å²) in [5.41, 5.74) is 0. The van der Waals surface area contributed by atoms with E-state index >= 15 is 0 Å². The molecule has 0 N–H and O–H groups in total. The Bertz CT molecular complexity index is 785. The molecule has 27 heavy (non-hydrogen) atoms. The lowest BCUT2D eigenvalue weighted by Crippen LogP contribution is -2.51. The molecule has 0 aromatic carbocycles. The first kappa shape index (κ1) is 18.1. The fourth-order valence-electron chi connectivity index (χ4n) is 3.83. The standard InChI is InChI=1S/C18H27N7O2/c1-14(2)24-9-10-27-15(12-24)11-17(26)23-7-5-22(6-8-23)16-3-4-19-18-21-20-13-25(16)18/h3-4,13-15H,5-12H2,1-2H3/t15-/m1/s1. The quantitative estimate of drug-likeness (QED) is 0.761. The lowest BCUT2D eigenvalue weighted by atomic mass is 10.1. The normalized spacial score (nSPS) is 22.0. The van der Waals surface area contributed by atoms with Gasteiger partial charge in [-0.15, -0.1) is 10.2 Å². The zero-order valence-corrected chi connectivity index (χ0v) is 16.0. The molecule has 2 aliphatic heterocycles. The van der Waals surface area contributed by atoms with Crippen molar-refractivity contribution >= 4 is 17.5 Å². The maximum absolute atomic E-state index is 12.7. The van der Waals surface area contributed by atoms with Crippen LogP contribution in [0.3, 0.4) is 0 Å². The molecule has 2 fully saturated rings. The number of carbonyl (C=O) groups is 1. The number of piperazine rings is 1. The SMILES string of the molecule is CC(C)N1CCO[C@H](CC(=O)N2CCN(c3ccnc4nncn34)CC2)C1. The summed E-state index contributed by atoms with van der Waals surface area (Å²) in [4.78, 5) is 23.5. The first-order valence-corrected chi connectivity index (χ1v) is 9.65. The minimum atomic E-state index is 0.00326. The minimum Gasteiger partial charge on any atom is -0.375 e. The maximum atomic E-state index is 12.7. The molecule has 0 radical (unpaired) electrons. The second kappa shape index (κ2) is 7.77. The van der Waals surface area contributed by atoms with Gasteiger partial charge in [0.15, 0.2) is 0 Å². The third-order valence-corrected chi connectivity index (χ3v) is 5.45. The monoisotopic (exact) mass is 373 g/mol. The smallest absolute Gasteiger partial charge is 0.256 e. The van der Waals surface area contributed by atoms with E-state index in [-0.39, 0.29) is 12.0 Å². The highest BCUT2D eigenvalue weighted by atomic mass is 16.5. The van der Waals surface area contributed by atoms with Crippen LogP contribution < -0.4 is 4.90 Å². The topological polar surface area (TPSA) is 79.1 Å². The van der Waals surface area contributed by atoms with E-state index in [0.29, 0.717) is 37.9 Å². The van der Waals surface area contributed by atoms with Crippen LogP contribution >= 0.6 is 0 Å². The van der Waals surface area contributed by atoms with Crippen LogP contribution in [-0.4, -0.2) is 93.3 Å². The molecule has 9 nitrogen and oxygen atoms in total. The van der Waals surface area contributed by atoms with Crippen molar-refractivity contribution in [3.8, 4) is 0 Å². The average Bonchev–Trinajstić information content (AvgIpc) is 3.17. The molecule has 2 saturated heterocycles. The molecule has 0 unspecified atom stereocenters. The Morgan fingerprint density at radius 2 is 2.07 bits per heavy atom. The van der Waals surface area contributed by atoms with E-state index in [1.54, 1.807) is 12.5 Å². The predicted molar refractivity (Wildman–Crippen MR) is 101 cm³/mol. The highest BCUT2D eigenvalue weighted by Crippen LogP contribution is 2.18. The summed E-state index contributed by atoms with van der Waals surface area (Å²) in [7, 11) is 0. The number of morpholine rings is 1. The summed E-state index contributed by atoms with van der Waals surface area (Å²) in [5.74, 6) is 1.80. The Hall–Kier alpha value is -2.26. The van der Waals surface area contributed by atoms with Gasteiger partial charge in [-0.25, -0.2) is 4.98 Å². The molecule has 9 heteroatoms. The van der Waals surface area contributed by atoms with Gasteiger partial charge in [-0.05, 0) is 19.9 Å². The summed E-state index contributed by atoms with van der Waals surface area (Å²) in [6.45, 7) is 9.87. The van der Waals surface area contributed by atoms with Crippen molar-refractivity contribution in [3.63, 3.8) is 0 Å². The van der Waals surface area contributed by atoms with E-state index in [2.05, 4.69) is 38.8 Å². The van der Waals surface area contributed by atoms with E-state index in [4.69, 9.17) is 4.74 Å². The molecule has 1 atom stereocenters. The molecule has 0 bridgehead atoms. The van der Waals surface area contributed by atoms with Gasteiger partial charge in [-0.2, -0.15) is 0 Å². The average molecular weight is 373 g/mol. The fourth-order valence-corrected chi connectivity index (χ4v) is 3.83. The summed E-state index contributed by atoms with van der Waals surface area (Å²) in [6.07, 6.45) is 3.89. The molecule has 146 valence electrons. The number of hydrogen-bond donors (Lipinski definition) is 0. The first-order chi connectivity index (χ1) is 13.1. The molecule has 2 aromatic rings. The van der Waals surface area contributed by atoms with Crippen molar-refractivity contribution in [1.82, 2.24) is 29.4 Å². The summed E-state index contributed by atoms with van der Waals surface area (Å²) >= 11 is 0. The lowest BCUT2D eigenvalue weighted by molar-refractivity contribution is -0.136. The summed E-state index contributed by atoms with van der Waals surface area (Å²) in [5, 5.41) is 7.92. The predicted octanol–water partition coefficient (Wildman–Crippen LogP) is 0.272. The number of carbonyl (C=O) groups excluding carboxylic acids is 1. The van der Waals surface area contributed by atoms with Gasteiger partial charge in [0.05, 0.1) is 19.1 Å². The van der Waals surface area contributed by atoms with Gasteiger partial charge in [0.1, 0.15) is 12.1 Å². The van der Waals surface area contributed by atoms with E-state index in [1.165, 1.54) is 0 Å². The molecule has 0 saturated carbocycles. The van der Waals surface area contributed by atoms with Gasteiger partial charge in [-0.1, -0.05) is 0 Å². The van der Waals surface area contributed by atoms with Crippen molar-refractivity contribution < 1.29 is 9.53 Å². The van der Waals surface area contributed by atoms with Crippen LogP contribution in [0.15, 0.2) is 18.6 Å². The van der Waals surface area contributed by atoms with Crippen LogP contribution in [0, 0.1) is 0 Å². The van der Waals surface area contributed by atoms with Crippen molar-refractivity contribution in [1.29, 1.82) is 0 Å². The molecule has 2 aliphatic rings. The number of fused-ring (bicyclic) bond motifs is 1. The van der Waals surface area contributed by atoms with E-state index in [1.807, 2.05) is 15.4 Å². The number of nitrogens with zero attached hydrogens (tertiary/aromatic N) is 7. The highest BCUT2D eigenvalue weighted by Gasteiger charge is 2.28. The van der Waals surface area contributed by atoms with E-state index in [0.717, 1.165) is 32.0 Å². The van der Waals surface area contributed by atoms with Crippen LogP contribution in [-0.2, 0) is 9.53 Å². The Kier molecular flexibility index (Phi) is 5.22. The number of rotatable bonds is 4. The zero-order valence-electron chi connectivity index (χ0n) is 16.0. The van der Waals surface area contributed by atoms with Crippen molar-refractivity contribution in [3.05, 3.63) is 18.6 Å². The molecule has 1 amide bonds. The van der Waals surface area contributed by atoms with E-state index in [9.17, 15) is 4.79 Å². The number of ether oxygens (including phenoxy) is 1. The number of anilines is 1. The summed E-state index contributed by atoms with van der Waals surface area (Å²) in [6, 6.07) is 2.45. The Labute approximate surface area is 158 Å². The molecule has 4 heterocycles. The number of aromatic nitrogens is 4. The van der Waals surface area contributed by atoms with Gasteiger partial charge in [0, 0.05) is 51.5 Å². The second-order valence-corrected chi connectivity index (χ2v) is 7.46. The Morgan fingerprint density at radius 1 is 1.26 bits per heavy atom. The van der Waals surface area contributed by atoms with Crippen molar-refractivity contribution in [2.24, 2.45) is 0 Å². The van der Waals surface area contributed by atoms with Crippen LogP contribution in [0.1, 0.15) is 20.3 Å².